The second-order valence-electron chi connectivity index (χ2n) is 5.93. The van der Waals surface area contributed by atoms with Crippen LogP contribution in [0.15, 0.2) is 18.2 Å². The predicted molar refractivity (Wildman–Crippen MR) is 94.2 cm³/mol. The first-order chi connectivity index (χ1) is 11.4. The average Bonchev–Trinajstić information content (AvgIpc) is 3.03. The lowest BCUT2D eigenvalue weighted by Crippen LogP contribution is -2.25. The topological polar surface area (TPSA) is 54.5 Å². The smallest absolute Gasteiger partial charge is 0.231 e. The van der Waals surface area contributed by atoms with E-state index in [2.05, 4.69) is 35.0 Å². The van der Waals surface area contributed by atoms with Crippen LogP contribution in [-0.2, 0) is 6.54 Å². The number of hydrogen-bond acceptors (Lipinski definition) is 5. The van der Waals surface area contributed by atoms with Crippen LogP contribution in [-0.4, -0.2) is 39.5 Å². The summed E-state index contributed by atoms with van der Waals surface area (Å²) in [6.45, 7) is 8.91. The number of rotatable bonds is 13. The zero-order valence-electron chi connectivity index (χ0n) is 14.3. The van der Waals surface area contributed by atoms with Crippen LogP contribution in [0.4, 0.5) is 0 Å². The molecule has 1 aliphatic rings. The van der Waals surface area contributed by atoms with Gasteiger partial charge in [-0.3, -0.25) is 0 Å². The van der Waals surface area contributed by atoms with Gasteiger partial charge >= 0.3 is 0 Å². The lowest BCUT2D eigenvalue weighted by Gasteiger charge is -2.08. The Morgan fingerprint density at radius 2 is 1.48 bits per heavy atom. The van der Waals surface area contributed by atoms with E-state index in [1.54, 1.807) is 0 Å². The molecule has 0 saturated heterocycles. The van der Waals surface area contributed by atoms with Crippen LogP contribution >= 0.6 is 0 Å². The lowest BCUT2D eigenvalue weighted by atomic mass is 10.2. The maximum absolute atomic E-state index is 5.39. The van der Waals surface area contributed by atoms with Crippen LogP contribution in [0.5, 0.6) is 11.5 Å². The van der Waals surface area contributed by atoms with E-state index >= 15 is 0 Å². The summed E-state index contributed by atoms with van der Waals surface area (Å²) in [7, 11) is 0. The van der Waals surface area contributed by atoms with Crippen LogP contribution in [0.25, 0.3) is 0 Å². The van der Waals surface area contributed by atoms with Crippen LogP contribution in [0.2, 0.25) is 0 Å². The van der Waals surface area contributed by atoms with Gasteiger partial charge in [0.2, 0.25) is 6.79 Å². The fourth-order valence-corrected chi connectivity index (χ4v) is 2.51. The van der Waals surface area contributed by atoms with Gasteiger partial charge in [-0.2, -0.15) is 0 Å². The Morgan fingerprint density at radius 1 is 0.826 bits per heavy atom. The first-order valence-corrected chi connectivity index (χ1v) is 8.91. The molecule has 0 unspecified atom stereocenters. The van der Waals surface area contributed by atoms with E-state index in [1.165, 1.54) is 24.8 Å². The Bertz CT molecular complexity index is 440. The first kappa shape index (κ1) is 18.0. The summed E-state index contributed by atoms with van der Waals surface area (Å²) in [4.78, 5) is 0. The van der Waals surface area contributed by atoms with Gasteiger partial charge in [-0.05, 0) is 69.7 Å². The molecular weight excluding hydrogens is 290 g/mol. The van der Waals surface area contributed by atoms with Crippen molar-refractivity contribution in [3.8, 4) is 11.5 Å². The molecule has 1 aliphatic heterocycles. The van der Waals surface area contributed by atoms with Crippen molar-refractivity contribution in [2.45, 2.75) is 39.2 Å². The van der Waals surface area contributed by atoms with Crippen molar-refractivity contribution in [1.82, 2.24) is 16.0 Å². The Kier molecular flexibility index (Phi) is 8.84. The highest BCUT2D eigenvalue weighted by Crippen LogP contribution is 2.32. The maximum atomic E-state index is 5.39. The normalized spacial score (nSPS) is 12.7. The number of benzene rings is 1. The van der Waals surface area contributed by atoms with Crippen molar-refractivity contribution in [3.05, 3.63) is 23.8 Å². The highest BCUT2D eigenvalue weighted by atomic mass is 16.7. The zero-order chi connectivity index (χ0) is 16.2. The Hall–Kier alpha value is -1.30. The van der Waals surface area contributed by atoms with Crippen molar-refractivity contribution in [2.75, 3.05) is 39.5 Å². The lowest BCUT2D eigenvalue weighted by molar-refractivity contribution is 0.174. The van der Waals surface area contributed by atoms with Gasteiger partial charge in [0, 0.05) is 6.54 Å². The van der Waals surface area contributed by atoms with Crippen LogP contribution < -0.4 is 25.4 Å². The molecule has 0 aromatic heterocycles. The van der Waals surface area contributed by atoms with Crippen LogP contribution in [0.1, 0.15) is 38.2 Å². The summed E-state index contributed by atoms with van der Waals surface area (Å²) < 4.78 is 10.7. The second kappa shape index (κ2) is 11.3. The molecule has 0 saturated carbocycles. The van der Waals surface area contributed by atoms with Crippen molar-refractivity contribution in [1.29, 1.82) is 0 Å². The highest BCUT2D eigenvalue weighted by Gasteiger charge is 2.12. The summed E-state index contributed by atoms with van der Waals surface area (Å²) in [6.07, 6.45) is 4.90. The number of ether oxygens (including phenoxy) is 2. The molecule has 0 radical (unpaired) electrons. The van der Waals surface area contributed by atoms with Gasteiger partial charge in [-0.25, -0.2) is 0 Å². The minimum absolute atomic E-state index is 0.339. The zero-order valence-corrected chi connectivity index (χ0v) is 14.3. The van der Waals surface area contributed by atoms with Gasteiger partial charge in [0.25, 0.3) is 0 Å². The van der Waals surface area contributed by atoms with Gasteiger partial charge in [-0.1, -0.05) is 19.4 Å². The van der Waals surface area contributed by atoms with Crippen LogP contribution in [0.3, 0.4) is 0 Å². The molecular formula is C18H31N3O2. The summed E-state index contributed by atoms with van der Waals surface area (Å²) in [5.74, 6) is 1.71. The second-order valence-corrected chi connectivity index (χ2v) is 5.93. The number of nitrogens with one attached hydrogen (secondary N) is 3. The monoisotopic (exact) mass is 321 g/mol. The number of hydrogen-bond donors (Lipinski definition) is 3. The molecule has 1 aromatic rings. The molecule has 0 aliphatic carbocycles. The Labute approximate surface area is 140 Å². The summed E-state index contributed by atoms with van der Waals surface area (Å²) in [5.41, 5.74) is 1.24. The minimum atomic E-state index is 0.339. The van der Waals surface area contributed by atoms with E-state index in [4.69, 9.17) is 9.47 Å². The van der Waals surface area contributed by atoms with Crippen molar-refractivity contribution in [2.24, 2.45) is 0 Å². The standard InChI is InChI=1S/C18H31N3O2/c1-2-3-8-19-9-4-10-20-11-5-12-21-14-16-6-7-17-18(13-16)23-15-22-17/h6-7,13,19-21H,2-5,8-12,14-15H2,1H3. The Balaban J connectivity index is 1.40. The molecule has 5 nitrogen and oxygen atoms in total. The van der Waals surface area contributed by atoms with Gasteiger partial charge in [0.05, 0.1) is 0 Å². The molecule has 23 heavy (non-hydrogen) atoms. The number of fused-ring (bicyclic) bond motifs is 1. The van der Waals surface area contributed by atoms with E-state index in [-0.39, 0.29) is 0 Å². The molecule has 3 N–H and O–H groups in total. The highest BCUT2D eigenvalue weighted by molar-refractivity contribution is 5.44. The SMILES string of the molecule is CCCCNCCCNCCCNCc1ccc2c(c1)OCO2. The maximum Gasteiger partial charge on any atom is 0.231 e. The molecule has 0 atom stereocenters. The summed E-state index contributed by atoms with van der Waals surface area (Å²) >= 11 is 0. The molecule has 0 amide bonds. The third-order valence-electron chi connectivity index (χ3n) is 3.89. The minimum Gasteiger partial charge on any atom is -0.454 e. The molecule has 130 valence electrons. The average molecular weight is 321 g/mol. The van der Waals surface area contributed by atoms with Gasteiger partial charge in [-0.15, -0.1) is 0 Å². The predicted octanol–water partition coefficient (Wildman–Crippen LogP) is 2.26. The van der Waals surface area contributed by atoms with E-state index in [0.29, 0.717) is 6.79 Å². The first-order valence-electron chi connectivity index (χ1n) is 8.91. The molecule has 1 heterocycles. The molecule has 0 fully saturated rings. The fraction of sp³-hybridized carbons (Fsp3) is 0.667. The van der Waals surface area contributed by atoms with E-state index in [1.807, 2.05) is 6.07 Å². The van der Waals surface area contributed by atoms with Crippen molar-refractivity contribution < 1.29 is 9.47 Å². The fourth-order valence-electron chi connectivity index (χ4n) is 2.51. The van der Waals surface area contributed by atoms with Crippen molar-refractivity contribution in [3.63, 3.8) is 0 Å². The third-order valence-corrected chi connectivity index (χ3v) is 3.89. The Morgan fingerprint density at radius 3 is 2.22 bits per heavy atom. The molecule has 0 spiro atoms. The van der Waals surface area contributed by atoms with E-state index in [0.717, 1.165) is 57.2 Å². The molecule has 1 aromatic carbocycles. The van der Waals surface area contributed by atoms with Crippen molar-refractivity contribution >= 4 is 0 Å². The molecule has 0 bridgehead atoms. The quantitative estimate of drug-likeness (QED) is 0.487. The van der Waals surface area contributed by atoms with Gasteiger partial charge in [0.15, 0.2) is 11.5 Å². The molecule has 2 rings (SSSR count). The number of unbranched alkanes of at least 4 members (excludes halogenated alkanes) is 1. The third kappa shape index (κ3) is 7.20. The van der Waals surface area contributed by atoms with E-state index < -0.39 is 0 Å². The molecule has 5 heteroatoms. The van der Waals surface area contributed by atoms with Crippen LogP contribution in [0, 0.1) is 0 Å². The van der Waals surface area contributed by atoms with E-state index in [9.17, 15) is 0 Å². The van der Waals surface area contributed by atoms with Gasteiger partial charge in [0.1, 0.15) is 0 Å². The van der Waals surface area contributed by atoms with Gasteiger partial charge < -0.3 is 25.4 Å². The summed E-state index contributed by atoms with van der Waals surface area (Å²) in [6, 6.07) is 6.12. The summed E-state index contributed by atoms with van der Waals surface area (Å²) in [5, 5.41) is 10.4. The largest absolute Gasteiger partial charge is 0.454 e.